The van der Waals surface area contributed by atoms with E-state index in [-0.39, 0.29) is 5.90 Å². The number of benzene rings is 1. The van der Waals surface area contributed by atoms with Crippen LogP contribution >= 0.6 is 0 Å². The summed E-state index contributed by atoms with van der Waals surface area (Å²) in [5.41, 5.74) is 0.952. The lowest BCUT2D eigenvalue weighted by atomic mass is 10.2. The van der Waals surface area contributed by atoms with Crippen LogP contribution in [-0.2, 0) is 0 Å². The van der Waals surface area contributed by atoms with E-state index < -0.39 is 0 Å². The molecule has 0 atom stereocenters. The van der Waals surface area contributed by atoms with Gasteiger partial charge in [0, 0.05) is 31.8 Å². The molecule has 0 saturated carbocycles. The number of H-pyrrole nitrogens is 1. The summed E-state index contributed by atoms with van der Waals surface area (Å²) in [5.74, 6) is 0.730. The van der Waals surface area contributed by atoms with E-state index in [0.717, 1.165) is 10.9 Å². The first-order valence-corrected chi connectivity index (χ1v) is 5.19. The predicted octanol–water partition coefficient (Wildman–Crippen LogP) is 1.99. The normalized spacial score (nSPS) is 10.9. The SMILES string of the molecule is CN(C)/C=C\C(=N)Oc1ccc2[nH]ncc2c1. The Kier molecular flexibility index (Phi) is 3.09. The molecule has 2 rings (SSSR count). The highest BCUT2D eigenvalue weighted by Gasteiger charge is 2.00. The second kappa shape index (κ2) is 4.69. The van der Waals surface area contributed by atoms with Crippen molar-refractivity contribution in [2.75, 3.05) is 14.1 Å². The molecular formula is C12H14N4O. The largest absolute Gasteiger partial charge is 0.440 e. The van der Waals surface area contributed by atoms with Gasteiger partial charge in [-0.15, -0.1) is 0 Å². The molecule has 0 aliphatic carbocycles. The van der Waals surface area contributed by atoms with E-state index in [9.17, 15) is 0 Å². The Morgan fingerprint density at radius 1 is 1.47 bits per heavy atom. The van der Waals surface area contributed by atoms with E-state index in [1.165, 1.54) is 0 Å². The van der Waals surface area contributed by atoms with Gasteiger partial charge in [-0.05, 0) is 18.2 Å². The number of hydrogen-bond donors (Lipinski definition) is 2. The van der Waals surface area contributed by atoms with Crippen molar-refractivity contribution in [3.05, 3.63) is 36.7 Å². The van der Waals surface area contributed by atoms with Crippen LogP contribution in [0.5, 0.6) is 5.75 Å². The number of ether oxygens (including phenoxy) is 1. The molecule has 0 aliphatic heterocycles. The number of nitrogens with zero attached hydrogens (tertiary/aromatic N) is 2. The highest BCUT2D eigenvalue weighted by Crippen LogP contribution is 2.18. The fraction of sp³-hybridized carbons (Fsp3) is 0.167. The Labute approximate surface area is 99.2 Å². The molecule has 1 aromatic heterocycles. The smallest absolute Gasteiger partial charge is 0.213 e. The van der Waals surface area contributed by atoms with Crippen LogP contribution in [0.15, 0.2) is 36.7 Å². The molecule has 0 unspecified atom stereocenters. The summed E-state index contributed by atoms with van der Waals surface area (Å²) in [5, 5.41) is 15.4. The molecule has 0 bridgehead atoms. The van der Waals surface area contributed by atoms with E-state index in [1.54, 1.807) is 24.5 Å². The molecule has 17 heavy (non-hydrogen) atoms. The Morgan fingerprint density at radius 2 is 2.29 bits per heavy atom. The van der Waals surface area contributed by atoms with E-state index >= 15 is 0 Å². The number of aromatic amines is 1. The molecule has 2 N–H and O–H groups in total. The predicted molar refractivity (Wildman–Crippen MR) is 67.3 cm³/mol. The Bertz CT molecular complexity index is 556. The molecule has 1 heterocycles. The lowest BCUT2D eigenvalue weighted by molar-refractivity contribution is 0.540. The van der Waals surface area contributed by atoms with Gasteiger partial charge in [-0.25, -0.2) is 0 Å². The van der Waals surface area contributed by atoms with Crippen molar-refractivity contribution in [3.63, 3.8) is 0 Å². The van der Waals surface area contributed by atoms with Crippen LogP contribution in [0.4, 0.5) is 0 Å². The zero-order valence-corrected chi connectivity index (χ0v) is 9.77. The molecule has 1 aromatic carbocycles. The molecule has 0 radical (unpaired) electrons. The quantitative estimate of drug-likeness (QED) is 0.626. The van der Waals surface area contributed by atoms with E-state index in [0.29, 0.717) is 5.75 Å². The topological polar surface area (TPSA) is 65.0 Å². The minimum atomic E-state index is 0.0987. The van der Waals surface area contributed by atoms with Gasteiger partial charge in [-0.3, -0.25) is 10.5 Å². The first-order valence-electron chi connectivity index (χ1n) is 5.19. The van der Waals surface area contributed by atoms with Crippen molar-refractivity contribution in [1.29, 1.82) is 5.41 Å². The van der Waals surface area contributed by atoms with Crippen molar-refractivity contribution in [1.82, 2.24) is 15.1 Å². The van der Waals surface area contributed by atoms with Crippen LogP contribution in [-0.4, -0.2) is 35.1 Å². The Balaban J connectivity index is 2.10. The monoisotopic (exact) mass is 230 g/mol. The zero-order chi connectivity index (χ0) is 12.3. The third-order valence-electron chi connectivity index (χ3n) is 2.16. The molecule has 5 heteroatoms. The molecule has 0 spiro atoms. The standard InChI is InChI=1S/C12H14N4O/c1-16(2)6-5-12(13)17-10-3-4-11-9(7-10)8-14-15-11/h3-8,13H,1-2H3,(H,14,15)/b6-5-,13-12?. The molecule has 2 aromatic rings. The average molecular weight is 230 g/mol. The third kappa shape index (κ3) is 2.84. The first kappa shape index (κ1) is 11.2. The van der Waals surface area contributed by atoms with Crippen molar-refractivity contribution >= 4 is 16.8 Å². The summed E-state index contributed by atoms with van der Waals surface area (Å²) in [6.45, 7) is 0. The van der Waals surface area contributed by atoms with Crippen molar-refractivity contribution in [2.24, 2.45) is 0 Å². The summed E-state index contributed by atoms with van der Waals surface area (Å²) in [6, 6.07) is 5.52. The number of rotatable bonds is 3. The molecule has 0 fully saturated rings. The van der Waals surface area contributed by atoms with Gasteiger partial charge in [0.2, 0.25) is 5.90 Å². The maximum Gasteiger partial charge on any atom is 0.213 e. The van der Waals surface area contributed by atoms with Crippen LogP contribution in [0.1, 0.15) is 0 Å². The molecule has 5 nitrogen and oxygen atoms in total. The average Bonchev–Trinajstić information content (AvgIpc) is 2.73. The number of aromatic nitrogens is 2. The minimum absolute atomic E-state index is 0.0987. The van der Waals surface area contributed by atoms with Gasteiger partial charge in [0.25, 0.3) is 0 Å². The Hall–Kier alpha value is -2.30. The highest BCUT2D eigenvalue weighted by atomic mass is 16.5. The number of nitrogens with one attached hydrogen (secondary N) is 2. The summed E-state index contributed by atoms with van der Waals surface area (Å²) >= 11 is 0. The first-order chi connectivity index (χ1) is 8.15. The van der Waals surface area contributed by atoms with Crippen molar-refractivity contribution in [3.8, 4) is 5.75 Å². The van der Waals surface area contributed by atoms with Crippen LogP contribution in [0.25, 0.3) is 10.9 Å². The second-order valence-electron chi connectivity index (χ2n) is 3.86. The molecule has 0 saturated heterocycles. The minimum Gasteiger partial charge on any atom is -0.440 e. The fourth-order valence-corrected chi connectivity index (χ4v) is 1.36. The molecule has 88 valence electrons. The van der Waals surface area contributed by atoms with Crippen LogP contribution < -0.4 is 4.74 Å². The molecular weight excluding hydrogens is 216 g/mol. The highest BCUT2D eigenvalue weighted by molar-refractivity contribution is 5.87. The summed E-state index contributed by atoms with van der Waals surface area (Å²) in [4.78, 5) is 1.84. The fourth-order valence-electron chi connectivity index (χ4n) is 1.36. The van der Waals surface area contributed by atoms with Gasteiger partial charge in [0.1, 0.15) is 5.75 Å². The summed E-state index contributed by atoms with van der Waals surface area (Å²) in [6.07, 6.45) is 5.08. The van der Waals surface area contributed by atoms with Gasteiger partial charge < -0.3 is 9.64 Å². The summed E-state index contributed by atoms with van der Waals surface area (Å²) in [7, 11) is 3.78. The third-order valence-corrected chi connectivity index (χ3v) is 2.16. The van der Waals surface area contributed by atoms with E-state index in [1.807, 2.05) is 31.1 Å². The second-order valence-corrected chi connectivity index (χ2v) is 3.86. The Morgan fingerprint density at radius 3 is 3.06 bits per heavy atom. The van der Waals surface area contributed by atoms with Gasteiger partial charge in [-0.2, -0.15) is 5.10 Å². The van der Waals surface area contributed by atoms with Gasteiger partial charge in [-0.1, -0.05) is 0 Å². The lowest BCUT2D eigenvalue weighted by Gasteiger charge is -2.05. The molecule has 0 amide bonds. The van der Waals surface area contributed by atoms with Crippen molar-refractivity contribution in [2.45, 2.75) is 0 Å². The lowest BCUT2D eigenvalue weighted by Crippen LogP contribution is -2.06. The number of hydrogen-bond acceptors (Lipinski definition) is 4. The zero-order valence-electron chi connectivity index (χ0n) is 9.77. The van der Waals surface area contributed by atoms with Crippen LogP contribution in [0, 0.1) is 5.41 Å². The molecule has 0 aliphatic rings. The maximum atomic E-state index is 7.63. The van der Waals surface area contributed by atoms with Gasteiger partial charge >= 0.3 is 0 Å². The van der Waals surface area contributed by atoms with E-state index in [2.05, 4.69) is 10.2 Å². The van der Waals surface area contributed by atoms with Gasteiger partial charge in [0.05, 0.1) is 11.7 Å². The maximum absolute atomic E-state index is 7.63. The summed E-state index contributed by atoms with van der Waals surface area (Å²) < 4.78 is 5.37. The van der Waals surface area contributed by atoms with Crippen molar-refractivity contribution < 1.29 is 4.74 Å². The van der Waals surface area contributed by atoms with E-state index in [4.69, 9.17) is 10.1 Å². The number of fused-ring (bicyclic) bond motifs is 1. The van der Waals surface area contributed by atoms with Gasteiger partial charge in [0.15, 0.2) is 0 Å². The van der Waals surface area contributed by atoms with Crippen LogP contribution in [0.2, 0.25) is 0 Å². The van der Waals surface area contributed by atoms with Crippen LogP contribution in [0.3, 0.4) is 0 Å².